The summed E-state index contributed by atoms with van der Waals surface area (Å²) in [7, 11) is 0. The Morgan fingerprint density at radius 1 is 0.363 bits per heavy atom. The molecule has 0 aliphatic carbocycles. The summed E-state index contributed by atoms with van der Waals surface area (Å²) in [4.78, 5) is 52.9. The molecule has 9 aliphatic heterocycles. The Kier molecular flexibility index (Phi) is 32.6. The van der Waals surface area contributed by atoms with Crippen LogP contribution in [0.5, 0.6) is 0 Å². The SMILES string of the molecule is CC(=O)N[C@H]1[C@H](O[C@H]2[C@@H](O)[C@@H](CO)O[C@@H](O[C@H]3[C@H](O[C@@H]4O[C@@H](C)[C@@H](O)[C@@H](O)[C@@H]4O)[C@@H](NC(C)=O)[C@H](O[C@H]4[C@@H](O)[C@@H](CO)O[C@@H](O[C@H]5[C@H](O)[C@@H](O)[C@H](O)O[C@@H]5CO)[C@@H]4O)O[C@@H]3CO)[C@@H]2O)O[C@H](CO)[C@@H](O[C@@H]2O[C@@H](C)[C@@H](O)[C@@H](O)[C@@H]2O)[C@@H]1O[C@@H]1O[C@H](CO)[C@H](O)[C@H](O[C@]2(C(=O)O)C[C@H](O)[C@@H](NC(C)=O)[C@H]([C@H](O)[C@H](O)CO)O2)[C@H]1O. The van der Waals surface area contributed by atoms with Gasteiger partial charge in [-0.1, -0.05) is 0 Å². The number of carboxylic acid groups (broad SMARTS) is 1. The van der Waals surface area contributed by atoms with Gasteiger partial charge in [-0.15, -0.1) is 0 Å². The van der Waals surface area contributed by atoms with Gasteiger partial charge in [0, 0.05) is 27.2 Å². The predicted molar refractivity (Wildman–Crippen MR) is 346 cm³/mol. The number of amides is 3. The first kappa shape index (κ1) is 93.1. The van der Waals surface area contributed by atoms with Crippen molar-refractivity contribution in [1.82, 2.24) is 16.0 Å². The van der Waals surface area contributed by atoms with Gasteiger partial charge < -0.3 is 229 Å². The van der Waals surface area contributed by atoms with Gasteiger partial charge >= 0.3 is 5.97 Å². The Bertz CT molecular complexity index is 3040. The number of carboxylic acids is 1. The molecule has 50 heteroatoms. The molecule has 29 N–H and O–H groups in total. The smallest absolute Gasteiger partial charge is 0.364 e. The van der Waals surface area contributed by atoms with Crippen molar-refractivity contribution in [3.63, 3.8) is 0 Å². The third-order valence-corrected chi connectivity index (χ3v) is 20.9. The highest BCUT2D eigenvalue weighted by molar-refractivity contribution is 5.77. The lowest BCUT2D eigenvalue weighted by molar-refractivity contribution is -0.403. The molecular formula is C63H105N3O47. The van der Waals surface area contributed by atoms with Crippen LogP contribution in [0.25, 0.3) is 0 Å². The van der Waals surface area contributed by atoms with Crippen LogP contribution < -0.4 is 16.0 Å². The van der Waals surface area contributed by atoms with Gasteiger partial charge in [-0.05, 0) is 13.8 Å². The van der Waals surface area contributed by atoms with Gasteiger partial charge in [0.15, 0.2) is 50.3 Å². The van der Waals surface area contributed by atoms with Crippen LogP contribution in [0, 0.1) is 0 Å². The quantitative estimate of drug-likeness (QED) is 0.0331. The lowest BCUT2D eigenvalue weighted by Gasteiger charge is -2.53. The number of aliphatic carboxylic acids is 1. The van der Waals surface area contributed by atoms with Crippen LogP contribution >= 0.6 is 0 Å². The minimum Gasteiger partial charge on any atom is -0.477 e. The lowest BCUT2D eigenvalue weighted by Crippen LogP contribution is -2.72. The van der Waals surface area contributed by atoms with E-state index in [0.717, 1.165) is 20.8 Å². The molecule has 113 heavy (non-hydrogen) atoms. The maximum Gasteiger partial charge on any atom is 0.364 e. The summed E-state index contributed by atoms with van der Waals surface area (Å²) in [6.45, 7) is -3.30. The van der Waals surface area contributed by atoms with Gasteiger partial charge in [-0.2, -0.15) is 0 Å². The van der Waals surface area contributed by atoms with Gasteiger partial charge in [0.25, 0.3) is 5.79 Å². The van der Waals surface area contributed by atoms with Crippen LogP contribution in [-0.2, 0) is 99.7 Å². The van der Waals surface area contributed by atoms with Crippen LogP contribution in [0.1, 0.15) is 41.0 Å². The first-order chi connectivity index (χ1) is 53.2. The molecule has 0 aromatic carbocycles. The average Bonchev–Trinajstić information content (AvgIpc) is 0.750. The van der Waals surface area contributed by atoms with E-state index in [1.54, 1.807) is 0 Å². The number of hydrogen-bond acceptors (Lipinski definition) is 46. The Balaban J connectivity index is 1.08. The van der Waals surface area contributed by atoms with Crippen molar-refractivity contribution in [2.24, 2.45) is 0 Å². The predicted octanol–water partition coefficient (Wildman–Crippen LogP) is -18.9. The van der Waals surface area contributed by atoms with Gasteiger partial charge in [0.2, 0.25) is 17.7 Å². The number of aliphatic hydroxyl groups is 25. The maximum absolute atomic E-state index is 13.7. The largest absolute Gasteiger partial charge is 0.477 e. The average molecular weight is 1660 g/mol. The van der Waals surface area contributed by atoms with E-state index in [1.807, 2.05) is 0 Å². The first-order valence-corrected chi connectivity index (χ1v) is 36.0. The van der Waals surface area contributed by atoms with Crippen molar-refractivity contribution < 1.29 is 232 Å². The van der Waals surface area contributed by atoms with Crippen molar-refractivity contribution in [2.45, 2.75) is 323 Å². The summed E-state index contributed by atoms with van der Waals surface area (Å²) in [5.41, 5.74) is 0. The van der Waals surface area contributed by atoms with Crippen molar-refractivity contribution in [2.75, 3.05) is 46.2 Å². The summed E-state index contributed by atoms with van der Waals surface area (Å²) in [5, 5.41) is 296. The fraction of sp³-hybridized carbons (Fsp3) is 0.937. The van der Waals surface area contributed by atoms with E-state index in [2.05, 4.69) is 16.0 Å². The second-order valence-electron chi connectivity index (χ2n) is 28.8. The lowest BCUT2D eigenvalue weighted by atomic mass is 9.88. The first-order valence-electron chi connectivity index (χ1n) is 36.0. The number of aliphatic hydroxyl groups excluding tert-OH is 25. The highest BCUT2D eigenvalue weighted by Gasteiger charge is 2.64. The zero-order valence-electron chi connectivity index (χ0n) is 60.8. The summed E-state index contributed by atoms with van der Waals surface area (Å²) < 4.78 is 101. The number of nitrogens with one attached hydrogen (secondary N) is 3. The standard InChI is InChI=1S/C63H105N3O47/c1-14-30(79)36(85)40(89)57(97-14)106-46-25(12-72)103-56(29(66-18(5)76)50(46)109-61-44(93)53(35(84)23(10-70)102-61)113-63(62(95)96)6-19(77)27(64-16(3)74)48(112-63)32(81)20(78)7-67)111-52-34(83)22(9-69)101-60(43(52)92)107-47-26(13-73)104-55(28(65-17(4)75)49(47)108-58-41(90)37(86)31(80)15(2)98-58)110-51-33(82)21(8-68)100-59(42(51)91)105-45-24(11-71)99-54(94)39(88)38(45)87/h14-15,19-61,67-73,77-94H,6-13H2,1-5H3,(H,64,74)(H,65,75)(H,66,76)(H,95,96)/t14-,15-,19-,20+,21+,22+,23+,24+,25+,26+,27+,28+,29+,30+,31+,32+,33-,34-,35-,36+,37+,38+,39+,40-,41-,42+,43+,44+,45+,46+,47+,48+,49+,50+,51-,52-,53-,54+,55-,56-,57-,58-,59-,60-,61-,63-/m0/s1. The molecule has 0 spiro atoms. The third kappa shape index (κ3) is 20.0. The number of carbonyl (C=O) groups is 4. The number of hydrogen-bond donors (Lipinski definition) is 29. The molecule has 0 bridgehead atoms. The molecule has 9 aliphatic rings. The Morgan fingerprint density at radius 3 is 1.06 bits per heavy atom. The third-order valence-electron chi connectivity index (χ3n) is 20.9. The number of carbonyl (C=O) groups excluding carboxylic acids is 3. The number of ether oxygens (including phenoxy) is 17. The summed E-state index contributed by atoms with van der Waals surface area (Å²) >= 11 is 0. The van der Waals surface area contributed by atoms with Gasteiger partial charge in [-0.3, -0.25) is 14.4 Å². The Hall–Kier alpha value is -3.80. The molecule has 0 aromatic rings. The molecule has 654 valence electrons. The van der Waals surface area contributed by atoms with Crippen LogP contribution in [0.2, 0.25) is 0 Å². The van der Waals surface area contributed by atoms with E-state index in [4.69, 9.17) is 80.5 Å². The summed E-state index contributed by atoms with van der Waals surface area (Å²) in [6.07, 6.45) is -91.2. The van der Waals surface area contributed by atoms with E-state index in [1.165, 1.54) is 13.8 Å². The van der Waals surface area contributed by atoms with E-state index in [9.17, 15) is 152 Å². The van der Waals surface area contributed by atoms with Crippen molar-refractivity contribution >= 4 is 23.7 Å². The van der Waals surface area contributed by atoms with Crippen molar-refractivity contribution in [3.05, 3.63) is 0 Å². The highest BCUT2D eigenvalue weighted by atomic mass is 16.8. The molecule has 0 radical (unpaired) electrons. The van der Waals surface area contributed by atoms with Crippen molar-refractivity contribution in [1.29, 1.82) is 0 Å². The van der Waals surface area contributed by atoms with Crippen LogP contribution in [-0.4, -0.2) is 484 Å². The molecule has 46 atom stereocenters. The van der Waals surface area contributed by atoms with Gasteiger partial charge in [-0.25, -0.2) is 4.79 Å². The maximum atomic E-state index is 13.7. The monoisotopic (exact) mass is 1660 g/mol. The van der Waals surface area contributed by atoms with E-state index in [0.29, 0.717) is 0 Å². The zero-order chi connectivity index (χ0) is 83.6. The summed E-state index contributed by atoms with van der Waals surface area (Å²) in [5.74, 6) is -8.57. The molecule has 0 unspecified atom stereocenters. The topological polar surface area (TPSA) is 787 Å². The highest BCUT2D eigenvalue weighted by Crippen LogP contribution is 2.43. The molecule has 0 saturated carbocycles. The van der Waals surface area contributed by atoms with Crippen LogP contribution in [0.3, 0.4) is 0 Å². The van der Waals surface area contributed by atoms with E-state index < -0.39 is 358 Å². The normalized spacial score (nSPS) is 49.2. The number of rotatable bonds is 29. The summed E-state index contributed by atoms with van der Waals surface area (Å²) in [6, 6.07) is -6.01. The van der Waals surface area contributed by atoms with Crippen LogP contribution in [0.4, 0.5) is 0 Å². The Morgan fingerprint density at radius 2 is 0.690 bits per heavy atom. The molecule has 9 rings (SSSR count). The molecule has 9 fully saturated rings. The second-order valence-corrected chi connectivity index (χ2v) is 28.8. The van der Waals surface area contributed by atoms with Crippen LogP contribution in [0.15, 0.2) is 0 Å². The zero-order valence-corrected chi connectivity index (χ0v) is 60.8. The van der Waals surface area contributed by atoms with Gasteiger partial charge in [0.1, 0.15) is 201 Å². The molecule has 3 amide bonds. The van der Waals surface area contributed by atoms with Crippen molar-refractivity contribution in [3.8, 4) is 0 Å². The molecule has 50 nitrogen and oxygen atoms in total. The molecular weight excluding hydrogens is 1550 g/mol. The molecule has 9 heterocycles. The molecule has 0 aromatic heterocycles. The molecule has 9 saturated heterocycles. The Labute approximate surface area is 639 Å². The van der Waals surface area contributed by atoms with E-state index in [-0.39, 0.29) is 0 Å². The fourth-order valence-corrected chi connectivity index (χ4v) is 14.8. The minimum absolute atomic E-state index is 0.864. The second kappa shape index (κ2) is 39.6. The van der Waals surface area contributed by atoms with Gasteiger partial charge in [0.05, 0.1) is 70.6 Å². The minimum atomic E-state index is -3.37. The fourth-order valence-electron chi connectivity index (χ4n) is 14.8. The van der Waals surface area contributed by atoms with E-state index >= 15 is 0 Å².